The highest BCUT2D eigenvalue weighted by molar-refractivity contribution is 5.55. The van der Waals surface area contributed by atoms with Crippen LogP contribution in [0.25, 0.3) is 0 Å². The summed E-state index contributed by atoms with van der Waals surface area (Å²) in [6.07, 6.45) is 1.16. The first-order valence-corrected chi connectivity index (χ1v) is 6.24. The van der Waals surface area contributed by atoms with E-state index in [1.54, 1.807) is 0 Å². The van der Waals surface area contributed by atoms with Gasteiger partial charge >= 0.3 is 0 Å². The lowest BCUT2D eigenvalue weighted by Crippen LogP contribution is -2.25. The van der Waals surface area contributed by atoms with E-state index in [4.69, 9.17) is 0 Å². The molecule has 0 aliphatic carbocycles. The van der Waals surface area contributed by atoms with Crippen LogP contribution in [-0.2, 0) is 6.42 Å². The predicted octanol–water partition coefficient (Wildman–Crippen LogP) is 4.03. The Morgan fingerprint density at radius 2 is 1.65 bits per heavy atom. The summed E-state index contributed by atoms with van der Waals surface area (Å²) in [5.74, 6) is 0.632. The number of rotatable bonds is 1. The quantitative estimate of drug-likeness (QED) is 0.769. The van der Waals surface area contributed by atoms with E-state index in [0.717, 1.165) is 6.42 Å². The smallest absolute Gasteiger partial charge is 0.0542 e. The number of hydrogen-bond donors (Lipinski definition) is 1. The Bertz CT molecular complexity index is 504. The average molecular weight is 223 g/mol. The van der Waals surface area contributed by atoms with E-state index >= 15 is 0 Å². The highest BCUT2D eigenvalue weighted by Crippen LogP contribution is 2.36. The van der Waals surface area contributed by atoms with Crippen molar-refractivity contribution in [2.24, 2.45) is 5.92 Å². The van der Waals surface area contributed by atoms with Crippen molar-refractivity contribution in [2.75, 3.05) is 5.32 Å². The summed E-state index contributed by atoms with van der Waals surface area (Å²) < 4.78 is 0. The molecule has 2 aromatic carbocycles. The maximum atomic E-state index is 3.66. The third kappa shape index (κ3) is 1.93. The van der Waals surface area contributed by atoms with Gasteiger partial charge in [-0.3, -0.25) is 0 Å². The molecule has 0 bridgehead atoms. The SMILES string of the molecule is CC1Cc2ccccc2N[C@H]1c1ccccc1. The van der Waals surface area contributed by atoms with Crippen LogP contribution in [0.4, 0.5) is 5.69 Å². The second-order valence-corrected chi connectivity index (χ2v) is 4.87. The third-order valence-corrected chi connectivity index (χ3v) is 3.60. The maximum Gasteiger partial charge on any atom is 0.0542 e. The molecule has 1 aliphatic heterocycles. The molecule has 1 nitrogen and oxygen atoms in total. The normalized spacial score (nSPS) is 22.6. The fraction of sp³-hybridized carbons (Fsp3) is 0.250. The van der Waals surface area contributed by atoms with E-state index in [1.165, 1.54) is 16.8 Å². The van der Waals surface area contributed by atoms with Crippen molar-refractivity contribution in [3.05, 3.63) is 65.7 Å². The van der Waals surface area contributed by atoms with Gasteiger partial charge in [0.2, 0.25) is 0 Å². The molecule has 0 amide bonds. The van der Waals surface area contributed by atoms with Crippen molar-refractivity contribution in [3.8, 4) is 0 Å². The molecule has 1 aliphatic rings. The lowest BCUT2D eigenvalue weighted by molar-refractivity contribution is 0.479. The lowest BCUT2D eigenvalue weighted by atomic mass is 9.85. The molecule has 1 heterocycles. The second-order valence-electron chi connectivity index (χ2n) is 4.87. The number of benzene rings is 2. The summed E-state index contributed by atoms with van der Waals surface area (Å²) in [5.41, 5.74) is 4.11. The van der Waals surface area contributed by atoms with Crippen LogP contribution in [0.5, 0.6) is 0 Å². The van der Waals surface area contributed by atoms with Gasteiger partial charge in [0.25, 0.3) is 0 Å². The molecule has 17 heavy (non-hydrogen) atoms. The first kappa shape index (κ1) is 10.4. The minimum atomic E-state index is 0.436. The van der Waals surface area contributed by atoms with Crippen LogP contribution < -0.4 is 5.32 Å². The van der Waals surface area contributed by atoms with Crippen molar-refractivity contribution in [1.82, 2.24) is 0 Å². The van der Waals surface area contributed by atoms with E-state index in [1.807, 2.05) is 0 Å². The van der Waals surface area contributed by atoms with Gasteiger partial charge in [0.15, 0.2) is 0 Å². The molecule has 1 heteroatoms. The molecule has 0 spiro atoms. The Balaban J connectivity index is 1.95. The number of fused-ring (bicyclic) bond motifs is 1. The molecule has 2 atom stereocenters. The Morgan fingerprint density at radius 1 is 0.941 bits per heavy atom. The second kappa shape index (κ2) is 4.25. The fourth-order valence-corrected chi connectivity index (χ4v) is 2.69. The largest absolute Gasteiger partial charge is 0.378 e. The molecule has 3 rings (SSSR count). The third-order valence-electron chi connectivity index (χ3n) is 3.60. The van der Waals surface area contributed by atoms with E-state index in [2.05, 4.69) is 66.8 Å². The number of anilines is 1. The fourth-order valence-electron chi connectivity index (χ4n) is 2.69. The Kier molecular flexibility index (Phi) is 2.60. The Labute approximate surface area is 102 Å². The first-order chi connectivity index (χ1) is 8.34. The van der Waals surface area contributed by atoms with E-state index in [9.17, 15) is 0 Å². The predicted molar refractivity (Wildman–Crippen MR) is 72.1 cm³/mol. The Hall–Kier alpha value is -1.76. The van der Waals surface area contributed by atoms with Crippen molar-refractivity contribution in [1.29, 1.82) is 0 Å². The zero-order chi connectivity index (χ0) is 11.7. The van der Waals surface area contributed by atoms with Gasteiger partial charge in [0, 0.05) is 5.69 Å². The van der Waals surface area contributed by atoms with Crippen molar-refractivity contribution >= 4 is 5.69 Å². The van der Waals surface area contributed by atoms with Crippen LogP contribution in [0.15, 0.2) is 54.6 Å². The lowest BCUT2D eigenvalue weighted by Gasteiger charge is -2.33. The van der Waals surface area contributed by atoms with Crippen LogP contribution in [0.2, 0.25) is 0 Å². The van der Waals surface area contributed by atoms with Gasteiger partial charge in [-0.1, -0.05) is 55.5 Å². The summed E-state index contributed by atoms with van der Waals surface area (Å²) >= 11 is 0. The number of hydrogen-bond acceptors (Lipinski definition) is 1. The highest BCUT2D eigenvalue weighted by Gasteiger charge is 2.25. The molecule has 0 radical (unpaired) electrons. The van der Waals surface area contributed by atoms with Gasteiger partial charge in [-0.25, -0.2) is 0 Å². The van der Waals surface area contributed by atoms with E-state index < -0.39 is 0 Å². The van der Waals surface area contributed by atoms with Gasteiger partial charge in [-0.15, -0.1) is 0 Å². The van der Waals surface area contributed by atoms with Gasteiger partial charge < -0.3 is 5.32 Å². The molecular weight excluding hydrogens is 206 g/mol. The zero-order valence-electron chi connectivity index (χ0n) is 10.1. The van der Waals surface area contributed by atoms with Gasteiger partial charge in [-0.2, -0.15) is 0 Å². The van der Waals surface area contributed by atoms with Crippen molar-refractivity contribution < 1.29 is 0 Å². The molecule has 0 saturated carbocycles. The highest BCUT2D eigenvalue weighted by atomic mass is 14.9. The monoisotopic (exact) mass is 223 g/mol. The van der Waals surface area contributed by atoms with Crippen LogP contribution in [-0.4, -0.2) is 0 Å². The molecule has 1 unspecified atom stereocenters. The summed E-state index contributed by atoms with van der Waals surface area (Å²) in [7, 11) is 0. The van der Waals surface area contributed by atoms with Crippen LogP contribution in [0, 0.1) is 5.92 Å². The summed E-state index contributed by atoms with van der Waals surface area (Å²) in [5, 5.41) is 3.66. The number of nitrogens with one attached hydrogen (secondary N) is 1. The van der Waals surface area contributed by atoms with Crippen LogP contribution in [0.1, 0.15) is 24.1 Å². The van der Waals surface area contributed by atoms with Crippen LogP contribution in [0.3, 0.4) is 0 Å². The topological polar surface area (TPSA) is 12.0 Å². The van der Waals surface area contributed by atoms with Crippen molar-refractivity contribution in [3.63, 3.8) is 0 Å². The summed E-state index contributed by atoms with van der Waals surface area (Å²) in [4.78, 5) is 0. The van der Waals surface area contributed by atoms with Crippen molar-refractivity contribution in [2.45, 2.75) is 19.4 Å². The van der Waals surface area contributed by atoms with E-state index in [-0.39, 0.29) is 0 Å². The van der Waals surface area contributed by atoms with Gasteiger partial charge in [0.05, 0.1) is 6.04 Å². The van der Waals surface area contributed by atoms with Gasteiger partial charge in [0.1, 0.15) is 0 Å². The number of para-hydroxylation sites is 1. The average Bonchev–Trinajstić information content (AvgIpc) is 2.39. The molecule has 0 fully saturated rings. The molecule has 1 N–H and O–H groups in total. The minimum absolute atomic E-state index is 0.436. The molecule has 2 aromatic rings. The minimum Gasteiger partial charge on any atom is -0.378 e. The molecular formula is C16H17N. The van der Waals surface area contributed by atoms with E-state index in [0.29, 0.717) is 12.0 Å². The van der Waals surface area contributed by atoms with Crippen LogP contribution >= 0.6 is 0 Å². The zero-order valence-corrected chi connectivity index (χ0v) is 10.1. The summed E-state index contributed by atoms with van der Waals surface area (Å²) in [6.45, 7) is 2.32. The standard InChI is InChI=1S/C16H17N/c1-12-11-14-9-5-6-10-15(14)17-16(12)13-7-3-2-4-8-13/h2-10,12,16-17H,11H2,1H3/t12?,16-/m1/s1. The molecule has 0 aromatic heterocycles. The molecule has 0 saturated heterocycles. The Morgan fingerprint density at radius 3 is 2.47 bits per heavy atom. The van der Waals surface area contributed by atoms with Gasteiger partial charge in [-0.05, 0) is 29.5 Å². The maximum absolute atomic E-state index is 3.66. The first-order valence-electron chi connectivity index (χ1n) is 6.24. The molecule has 86 valence electrons. The summed E-state index contributed by atoms with van der Waals surface area (Å²) in [6, 6.07) is 19.8.